The van der Waals surface area contributed by atoms with Crippen molar-refractivity contribution in [1.29, 1.82) is 0 Å². The van der Waals surface area contributed by atoms with E-state index in [2.05, 4.69) is 47.7 Å². The van der Waals surface area contributed by atoms with Gasteiger partial charge in [0.1, 0.15) is 0 Å². The van der Waals surface area contributed by atoms with Crippen molar-refractivity contribution in [2.75, 3.05) is 0 Å². The molecule has 3 N–H and O–H groups in total. The number of hydrogen-bond acceptors (Lipinski definition) is 3. The summed E-state index contributed by atoms with van der Waals surface area (Å²) in [6, 6.07) is 13.0. The van der Waals surface area contributed by atoms with E-state index in [4.69, 9.17) is 5.84 Å². The summed E-state index contributed by atoms with van der Waals surface area (Å²) >= 11 is 0. The molecule has 1 unspecified atom stereocenters. The summed E-state index contributed by atoms with van der Waals surface area (Å²) in [5, 5.41) is 0. The third-order valence-electron chi connectivity index (χ3n) is 3.34. The van der Waals surface area contributed by atoms with E-state index in [1.165, 1.54) is 16.7 Å². The number of aryl methyl sites for hydroxylation is 2. The number of benzene rings is 1. The predicted molar refractivity (Wildman–Crippen MR) is 78.6 cm³/mol. The van der Waals surface area contributed by atoms with Gasteiger partial charge in [0.2, 0.25) is 0 Å². The van der Waals surface area contributed by atoms with Crippen LogP contribution in [0.2, 0.25) is 0 Å². The first kappa shape index (κ1) is 13.7. The first-order valence-corrected chi connectivity index (χ1v) is 6.68. The van der Waals surface area contributed by atoms with Gasteiger partial charge in [-0.05, 0) is 43.4 Å². The van der Waals surface area contributed by atoms with Gasteiger partial charge in [-0.2, -0.15) is 0 Å². The van der Waals surface area contributed by atoms with Crippen LogP contribution in [0.3, 0.4) is 0 Å². The van der Waals surface area contributed by atoms with Crippen LogP contribution in [0.5, 0.6) is 0 Å². The molecule has 0 aliphatic rings. The number of nitrogens with one attached hydrogen (secondary N) is 1. The fraction of sp³-hybridized carbons (Fsp3) is 0.312. The zero-order valence-electron chi connectivity index (χ0n) is 11.3. The van der Waals surface area contributed by atoms with E-state index in [-0.39, 0.29) is 0 Å². The molecule has 1 aromatic carbocycles. The molecule has 0 radical (unpaired) electrons. The average Bonchev–Trinajstić information content (AvgIpc) is 2.46. The van der Waals surface area contributed by atoms with Crippen LogP contribution in [0.4, 0.5) is 0 Å². The fourth-order valence-electron chi connectivity index (χ4n) is 2.14. The van der Waals surface area contributed by atoms with Gasteiger partial charge in [-0.1, -0.05) is 35.9 Å². The maximum Gasteiger partial charge on any atom is 0.0299 e. The molecular weight excluding hydrogens is 234 g/mol. The SMILES string of the molecule is Cc1ccc(CC(CCc2cccnc2)NN)cc1. The van der Waals surface area contributed by atoms with Crippen LogP contribution in [0.15, 0.2) is 48.8 Å². The minimum Gasteiger partial charge on any atom is -0.271 e. The number of hydrazine groups is 1. The molecule has 1 heterocycles. The molecule has 0 amide bonds. The Hall–Kier alpha value is -1.71. The molecule has 0 fully saturated rings. The highest BCUT2D eigenvalue weighted by atomic mass is 15.2. The first-order chi connectivity index (χ1) is 9.28. The van der Waals surface area contributed by atoms with Gasteiger partial charge in [-0.3, -0.25) is 16.3 Å². The molecule has 2 aromatic rings. The van der Waals surface area contributed by atoms with Gasteiger partial charge in [0.05, 0.1) is 0 Å². The second-order valence-corrected chi connectivity index (χ2v) is 4.95. The smallest absolute Gasteiger partial charge is 0.0299 e. The van der Waals surface area contributed by atoms with E-state index >= 15 is 0 Å². The van der Waals surface area contributed by atoms with Gasteiger partial charge in [0.15, 0.2) is 0 Å². The Kier molecular flexibility index (Phi) is 5.07. The average molecular weight is 255 g/mol. The van der Waals surface area contributed by atoms with Gasteiger partial charge in [-0.25, -0.2) is 0 Å². The third kappa shape index (κ3) is 4.47. The molecule has 0 saturated heterocycles. The molecular formula is C16H21N3. The highest BCUT2D eigenvalue weighted by molar-refractivity contribution is 5.22. The molecule has 3 nitrogen and oxygen atoms in total. The highest BCUT2D eigenvalue weighted by Gasteiger charge is 2.08. The van der Waals surface area contributed by atoms with Crippen LogP contribution in [0.25, 0.3) is 0 Å². The summed E-state index contributed by atoms with van der Waals surface area (Å²) in [5.74, 6) is 5.65. The lowest BCUT2D eigenvalue weighted by Crippen LogP contribution is -2.37. The molecule has 0 bridgehead atoms. The molecule has 0 aliphatic heterocycles. The maximum absolute atomic E-state index is 5.65. The predicted octanol–water partition coefficient (Wildman–Crippen LogP) is 2.40. The Bertz CT molecular complexity index is 479. The van der Waals surface area contributed by atoms with Gasteiger partial charge in [0, 0.05) is 18.4 Å². The lowest BCUT2D eigenvalue weighted by Gasteiger charge is -2.16. The van der Waals surface area contributed by atoms with E-state index in [1.807, 2.05) is 12.3 Å². The van der Waals surface area contributed by atoms with Crippen molar-refractivity contribution in [3.05, 3.63) is 65.5 Å². The number of nitrogens with zero attached hydrogens (tertiary/aromatic N) is 1. The van der Waals surface area contributed by atoms with Crippen molar-refractivity contribution in [2.24, 2.45) is 5.84 Å². The third-order valence-corrected chi connectivity index (χ3v) is 3.34. The maximum atomic E-state index is 5.65. The second kappa shape index (κ2) is 7.02. The lowest BCUT2D eigenvalue weighted by molar-refractivity contribution is 0.491. The number of nitrogens with two attached hydrogens (primary N) is 1. The quantitative estimate of drug-likeness (QED) is 0.615. The summed E-state index contributed by atoms with van der Waals surface area (Å²) in [4.78, 5) is 4.13. The van der Waals surface area contributed by atoms with Crippen LogP contribution in [0.1, 0.15) is 23.1 Å². The van der Waals surface area contributed by atoms with Crippen molar-refractivity contribution < 1.29 is 0 Å². The number of pyridine rings is 1. The molecule has 100 valence electrons. The van der Waals surface area contributed by atoms with Crippen molar-refractivity contribution in [3.63, 3.8) is 0 Å². The number of aromatic nitrogens is 1. The largest absolute Gasteiger partial charge is 0.271 e. The molecule has 19 heavy (non-hydrogen) atoms. The Balaban J connectivity index is 1.88. The van der Waals surface area contributed by atoms with Crippen LogP contribution in [0, 0.1) is 6.92 Å². The van der Waals surface area contributed by atoms with E-state index in [0.717, 1.165) is 19.3 Å². The van der Waals surface area contributed by atoms with Gasteiger partial charge in [0.25, 0.3) is 0 Å². The Labute approximate surface area is 114 Å². The topological polar surface area (TPSA) is 50.9 Å². The van der Waals surface area contributed by atoms with Crippen molar-refractivity contribution >= 4 is 0 Å². The molecule has 1 aromatic heterocycles. The zero-order valence-corrected chi connectivity index (χ0v) is 11.3. The standard InChI is InChI=1S/C16H21N3/c1-13-4-6-14(7-5-13)11-16(19-17)9-8-15-3-2-10-18-12-15/h2-7,10,12,16,19H,8-9,11,17H2,1H3. The summed E-state index contributed by atoms with van der Waals surface area (Å²) in [6.45, 7) is 2.10. The van der Waals surface area contributed by atoms with E-state index < -0.39 is 0 Å². The van der Waals surface area contributed by atoms with Gasteiger partial charge in [-0.15, -0.1) is 0 Å². The normalized spacial score (nSPS) is 12.3. The minimum atomic E-state index is 0.294. The fourth-order valence-corrected chi connectivity index (χ4v) is 2.14. The number of hydrogen-bond donors (Lipinski definition) is 2. The Morgan fingerprint density at radius 1 is 1.16 bits per heavy atom. The highest BCUT2D eigenvalue weighted by Crippen LogP contribution is 2.10. The van der Waals surface area contributed by atoms with E-state index in [9.17, 15) is 0 Å². The summed E-state index contributed by atoms with van der Waals surface area (Å²) in [6.07, 6.45) is 6.68. The molecule has 0 spiro atoms. The summed E-state index contributed by atoms with van der Waals surface area (Å²) < 4.78 is 0. The van der Waals surface area contributed by atoms with Crippen LogP contribution in [-0.4, -0.2) is 11.0 Å². The van der Waals surface area contributed by atoms with Gasteiger partial charge >= 0.3 is 0 Å². The van der Waals surface area contributed by atoms with Crippen molar-refractivity contribution in [3.8, 4) is 0 Å². The Morgan fingerprint density at radius 2 is 1.95 bits per heavy atom. The lowest BCUT2D eigenvalue weighted by atomic mass is 9.99. The molecule has 0 saturated carbocycles. The molecule has 2 rings (SSSR count). The molecule has 1 atom stereocenters. The van der Waals surface area contributed by atoms with Crippen LogP contribution < -0.4 is 11.3 Å². The number of rotatable bonds is 6. The monoisotopic (exact) mass is 255 g/mol. The molecule has 3 heteroatoms. The van der Waals surface area contributed by atoms with Crippen LogP contribution >= 0.6 is 0 Å². The molecule has 0 aliphatic carbocycles. The first-order valence-electron chi connectivity index (χ1n) is 6.68. The summed E-state index contributed by atoms with van der Waals surface area (Å²) in [5.41, 5.74) is 6.78. The van der Waals surface area contributed by atoms with Crippen molar-refractivity contribution in [1.82, 2.24) is 10.4 Å². The second-order valence-electron chi connectivity index (χ2n) is 4.95. The summed E-state index contributed by atoms with van der Waals surface area (Å²) in [7, 11) is 0. The van der Waals surface area contributed by atoms with Crippen molar-refractivity contribution in [2.45, 2.75) is 32.2 Å². The van der Waals surface area contributed by atoms with E-state index in [0.29, 0.717) is 6.04 Å². The van der Waals surface area contributed by atoms with E-state index in [1.54, 1.807) is 6.20 Å². The van der Waals surface area contributed by atoms with Crippen LogP contribution in [-0.2, 0) is 12.8 Å². The zero-order chi connectivity index (χ0) is 13.5. The Morgan fingerprint density at radius 3 is 2.58 bits per heavy atom. The minimum absolute atomic E-state index is 0.294. The van der Waals surface area contributed by atoms with Gasteiger partial charge < -0.3 is 0 Å².